The zero-order valence-electron chi connectivity index (χ0n) is 10.7. The van der Waals surface area contributed by atoms with Gasteiger partial charge in [-0.3, -0.25) is 4.79 Å². The Balaban J connectivity index is 2.16. The van der Waals surface area contributed by atoms with Gasteiger partial charge in [-0.25, -0.2) is 0 Å². The molecule has 0 aliphatic rings. The van der Waals surface area contributed by atoms with Crippen molar-refractivity contribution in [3.8, 4) is 11.5 Å². The van der Waals surface area contributed by atoms with E-state index in [1.807, 2.05) is 24.4 Å². The minimum atomic E-state index is -0.322. The number of carbonyl (C=O) groups excluding carboxylic acids is 1. The molecule has 0 spiro atoms. The largest absolute Gasteiger partial charge is 0.504 e. The Hall–Kier alpha value is -2.01. The molecule has 1 atom stereocenters. The minimum absolute atomic E-state index is 0.0990. The van der Waals surface area contributed by atoms with Crippen LogP contribution in [0.5, 0.6) is 11.5 Å². The van der Waals surface area contributed by atoms with Gasteiger partial charge in [-0.05, 0) is 30.5 Å². The average Bonchev–Trinajstić information content (AvgIpc) is 2.92. The molecule has 2 rings (SSSR count). The summed E-state index contributed by atoms with van der Waals surface area (Å²) < 4.78 is 4.99. The summed E-state index contributed by atoms with van der Waals surface area (Å²) in [5.74, 6) is -0.172. The van der Waals surface area contributed by atoms with Crippen molar-refractivity contribution < 1.29 is 14.6 Å². The van der Waals surface area contributed by atoms with Crippen molar-refractivity contribution in [1.82, 2.24) is 5.32 Å². The number of phenolic OH excluding ortho intramolecular Hbond substituents is 1. The highest BCUT2D eigenvalue weighted by Crippen LogP contribution is 2.29. The molecule has 1 aromatic heterocycles. The summed E-state index contributed by atoms with van der Waals surface area (Å²) in [7, 11) is 1.45. The Kier molecular flexibility index (Phi) is 4.06. The lowest BCUT2D eigenvalue weighted by atomic mass is 10.1. The predicted octanol–water partition coefficient (Wildman–Crippen LogP) is 2.95. The maximum atomic E-state index is 12.1. The van der Waals surface area contributed by atoms with Gasteiger partial charge in [-0.15, -0.1) is 11.3 Å². The van der Waals surface area contributed by atoms with E-state index < -0.39 is 0 Å². The van der Waals surface area contributed by atoms with Crippen molar-refractivity contribution in [2.24, 2.45) is 0 Å². The van der Waals surface area contributed by atoms with Crippen LogP contribution in [0.4, 0.5) is 0 Å². The number of nitrogens with one attached hydrogen (secondary N) is 1. The van der Waals surface area contributed by atoms with Gasteiger partial charge in [0.1, 0.15) is 0 Å². The molecule has 5 heteroatoms. The second-order valence-electron chi connectivity index (χ2n) is 4.07. The van der Waals surface area contributed by atoms with Gasteiger partial charge in [0.15, 0.2) is 11.5 Å². The van der Waals surface area contributed by atoms with Crippen LogP contribution in [0.1, 0.15) is 28.2 Å². The van der Waals surface area contributed by atoms with Crippen molar-refractivity contribution in [3.05, 3.63) is 46.2 Å². The number of aromatic hydroxyl groups is 1. The molecule has 0 unspecified atom stereocenters. The standard InChI is InChI=1S/C14H15NO3S/c1-9(12-7-4-8-19-12)15-14(17)10-5-3-6-11(18-2)13(10)16/h3-9,16H,1-2H3,(H,15,17)/t9-/m1/s1. The van der Waals surface area contributed by atoms with Crippen LogP contribution in [-0.2, 0) is 0 Å². The molecule has 0 saturated heterocycles. The predicted molar refractivity (Wildman–Crippen MR) is 74.9 cm³/mol. The Morgan fingerprint density at radius 2 is 2.16 bits per heavy atom. The monoisotopic (exact) mass is 277 g/mol. The average molecular weight is 277 g/mol. The number of phenols is 1. The molecule has 0 radical (unpaired) electrons. The quantitative estimate of drug-likeness (QED) is 0.903. The highest BCUT2D eigenvalue weighted by atomic mass is 32.1. The summed E-state index contributed by atoms with van der Waals surface area (Å²) in [5, 5.41) is 14.7. The van der Waals surface area contributed by atoms with Gasteiger partial charge in [-0.1, -0.05) is 12.1 Å². The summed E-state index contributed by atoms with van der Waals surface area (Å²) in [6.45, 7) is 1.90. The Bertz CT molecular complexity index is 566. The van der Waals surface area contributed by atoms with E-state index in [0.717, 1.165) is 4.88 Å². The maximum Gasteiger partial charge on any atom is 0.255 e. The lowest BCUT2D eigenvalue weighted by Crippen LogP contribution is -2.26. The third-order valence-corrected chi connectivity index (χ3v) is 3.84. The SMILES string of the molecule is COc1cccc(C(=O)N[C@H](C)c2cccs2)c1O. The molecular weight excluding hydrogens is 262 g/mol. The number of hydrogen-bond acceptors (Lipinski definition) is 4. The molecule has 0 bridgehead atoms. The van der Waals surface area contributed by atoms with Crippen LogP contribution >= 0.6 is 11.3 Å². The fraction of sp³-hybridized carbons (Fsp3) is 0.214. The van der Waals surface area contributed by atoms with Crippen molar-refractivity contribution in [2.75, 3.05) is 7.11 Å². The van der Waals surface area contributed by atoms with E-state index in [0.29, 0.717) is 0 Å². The third kappa shape index (κ3) is 2.88. The van der Waals surface area contributed by atoms with Crippen molar-refractivity contribution in [2.45, 2.75) is 13.0 Å². The van der Waals surface area contributed by atoms with Crippen LogP contribution in [0.2, 0.25) is 0 Å². The molecule has 0 aliphatic carbocycles. The van der Waals surface area contributed by atoms with E-state index in [1.165, 1.54) is 7.11 Å². The number of para-hydroxylation sites is 1. The van der Waals surface area contributed by atoms with E-state index in [1.54, 1.807) is 29.5 Å². The number of ether oxygens (including phenoxy) is 1. The number of carbonyl (C=O) groups is 1. The highest BCUT2D eigenvalue weighted by molar-refractivity contribution is 7.10. The van der Waals surface area contributed by atoms with E-state index >= 15 is 0 Å². The van der Waals surface area contributed by atoms with Gasteiger partial charge in [0, 0.05) is 4.88 Å². The van der Waals surface area contributed by atoms with Crippen LogP contribution in [-0.4, -0.2) is 18.1 Å². The van der Waals surface area contributed by atoms with E-state index in [-0.39, 0.29) is 29.0 Å². The molecule has 0 fully saturated rings. The summed E-state index contributed by atoms with van der Waals surface area (Å²) in [4.78, 5) is 13.2. The molecule has 19 heavy (non-hydrogen) atoms. The topological polar surface area (TPSA) is 58.6 Å². The molecular formula is C14H15NO3S. The lowest BCUT2D eigenvalue weighted by Gasteiger charge is -2.13. The molecule has 0 saturated carbocycles. The second-order valence-corrected chi connectivity index (χ2v) is 5.05. The van der Waals surface area contributed by atoms with E-state index in [4.69, 9.17) is 4.74 Å². The Labute approximate surface area is 115 Å². The van der Waals surface area contributed by atoms with Crippen molar-refractivity contribution >= 4 is 17.2 Å². The molecule has 1 amide bonds. The minimum Gasteiger partial charge on any atom is -0.504 e. The fourth-order valence-electron chi connectivity index (χ4n) is 1.75. The molecule has 4 nitrogen and oxygen atoms in total. The first-order valence-electron chi connectivity index (χ1n) is 5.83. The summed E-state index contributed by atoms with van der Waals surface area (Å²) >= 11 is 1.58. The normalized spacial score (nSPS) is 11.9. The zero-order chi connectivity index (χ0) is 13.8. The van der Waals surface area contributed by atoms with E-state index in [9.17, 15) is 9.90 Å². The molecule has 100 valence electrons. The molecule has 1 heterocycles. The lowest BCUT2D eigenvalue weighted by molar-refractivity contribution is 0.0937. The van der Waals surface area contributed by atoms with Gasteiger partial charge >= 0.3 is 0 Å². The fourth-order valence-corrected chi connectivity index (χ4v) is 2.49. The van der Waals surface area contributed by atoms with Gasteiger partial charge in [0.25, 0.3) is 5.91 Å². The first-order chi connectivity index (χ1) is 9.13. The third-order valence-electron chi connectivity index (χ3n) is 2.78. The van der Waals surface area contributed by atoms with Crippen molar-refractivity contribution in [1.29, 1.82) is 0 Å². The Morgan fingerprint density at radius 3 is 2.79 bits per heavy atom. The first kappa shape index (κ1) is 13.4. The molecule has 2 N–H and O–H groups in total. The van der Waals surface area contributed by atoms with Gasteiger partial charge in [-0.2, -0.15) is 0 Å². The van der Waals surface area contributed by atoms with Crippen molar-refractivity contribution in [3.63, 3.8) is 0 Å². The number of rotatable bonds is 4. The number of benzene rings is 1. The highest BCUT2D eigenvalue weighted by Gasteiger charge is 2.17. The Morgan fingerprint density at radius 1 is 1.37 bits per heavy atom. The summed E-state index contributed by atoms with van der Waals surface area (Å²) in [5.41, 5.74) is 0.211. The number of hydrogen-bond donors (Lipinski definition) is 2. The number of thiophene rings is 1. The van der Waals surface area contributed by atoms with Crippen LogP contribution in [0.25, 0.3) is 0 Å². The summed E-state index contributed by atoms with van der Waals surface area (Å²) in [6, 6.07) is 8.64. The molecule has 2 aromatic rings. The van der Waals surface area contributed by atoms with Crippen LogP contribution in [0, 0.1) is 0 Å². The summed E-state index contributed by atoms with van der Waals surface area (Å²) in [6.07, 6.45) is 0. The number of amides is 1. The van der Waals surface area contributed by atoms with Gasteiger partial charge in [0.05, 0.1) is 18.7 Å². The maximum absolute atomic E-state index is 12.1. The second kappa shape index (κ2) is 5.75. The van der Waals surface area contributed by atoms with Gasteiger partial charge in [0.2, 0.25) is 0 Å². The van der Waals surface area contributed by atoms with Gasteiger partial charge < -0.3 is 15.2 Å². The first-order valence-corrected chi connectivity index (χ1v) is 6.71. The number of methoxy groups -OCH3 is 1. The van der Waals surface area contributed by atoms with Crippen LogP contribution in [0.3, 0.4) is 0 Å². The molecule has 1 aromatic carbocycles. The zero-order valence-corrected chi connectivity index (χ0v) is 11.5. The van der Waals surface area contributed by atoms with Crippen LogP contribution in [0.15, 0.2) is 35.7 Å². The molecule has 0 aliphatic heterocycles. The van der Waals surface area contributed by atoms with E-state index in [2.05, 4.69) is 5.32 Å². The smallest absolute Gasteiger partial charge is 0.255 e. The van der Waals surface area contributed by atoms with Crippen LogP contribution < -0.4 is 10.1 Å².